The van der Waals surface area contributed by atoms with Crippen molar-refractivity contribution < 1.29 is 9.90 Å². The molecule has 0 radical (unpaired) electrons. The van der Waals surface area contributed by atoms with E-state index in [1.165, 1.54) is 0 Å². The SMILES string of the molecule is Cc1cc(Br)c(NC(=O)CN(C)CC(C)(C)O)c(Br)c1. The Bertz CT molecular complexity index is 475. The number of carbonyl (C=O) groups excluding carboxylic acids is 1. The molecule has 1 aromatic rings. The molecule has 0 atom stereocenters. The number of carbonyl (C=O) groups is 1. The number of aliphatic hydroxyl groups is 1. The van der Waals surface area contributed by atoms with E-state index in [0.717, 1.165) is 20.2 Å². The van der Waals surface area contributed by atoms with Crippen LogP contribution in [-0.4, -0.2) is 41.7 Å². The molecule has 2 N–H and O–H groups in total. The van der Waals surface area contributed by atoms with Crippen molar-refractivity contribution in [3.8, 4) is 0 Å². The molecule has 0 aliphatic heterocycles. The zero-order chi connectivity index (χ0) is 15.5. The van der Waals surface area contributed by atoms with Gasteiger partial charge in [-0.1, -0.05) is 0 Å². The van der Waals surface area contributed by atoms with Crippen LogP contribution < -0.4 is 5.32 Å². The van der Waals surface area contributed by atoms with Gasteiger partial charge in [-0.2, -0.15) is 0 Å². The summed E-state index contributed by atoms with van der Waals surface area (Å²) < 4.78 is 1.67. The van der Waals surface area contributed by atoms with Crippen molar-refractivity contribution in [1.29, 1.82) is 0 Å². The maximum atomic E-state index is 12.0. The predicted octanol–water partition coefficient (Wildman–Crippen LogP) is 3.16. The highest BCUT2D eigenvalue weighted by molar-refractivity contribution is 9.11. The van der Waals surface area contributed by atoms with E-state index in [-0.39, 0.29) is 12.5 Å². The Balaban J connectivity index is 2.68. The molecule has 0 unspecified atom stereocenters. The standard InChI is InChI=1S/C14H20Br2N2O2/c1-9-5-10(15)13(11(16)6-9)17-12(19)7-18(4)8-14(2,3)20/h5-6,20H,7-8H2,1-4H3,(H,17,19). The minimum atomic E-state index is -0.819. The van der Waals surface area contributed by atoms with Gasteiger partial charge in [0, 0.05) is 15.5 Å². The van der Waals surface area contributed by atoms with E-state index >= 15 is 0 Å². The van der Waals surface area contributed by atoms with Gasteiger partial charge in [0.25, 0.3) is 0 Å². The average Bonchev–Trinajstić information content (AvgIpc) is 2.20. The third-order valence-corrected chi connectivity index (χ3v) is 3.77. The monoisotopic (exact) mass is 406 g/mol. The quantitative estimate of drug-likeness (QED) is 0.788. The molecule has 112 valence electrons. The molecule has 0 spiro atoms. The Morgan fingerprint density at radius 3 is 2.30 bits per heavy atom. The topological polar surface area (TPSA) is 52.6 Å². The highest BCUT2D eigenvalue weighted by atomic mass is 79.9. The maximum Gasteiger partial charge on any atom is 0.238 e. The normalized spacial score (nSPS) is 11.8. The van der Waals surface area contributed by atoms with E-state index < -0.39 is 5.60 Å². The Morgan fingerprint density at radius 1 is 1.35 bits per heavy atom. The molecular weight excluding hydrogens is 388 g/mol. The summed E-state index contributed by atoms with van der Waals surface area (Å²) >= 11 is 6.89. The number of nitrogens with zero attached hydrogens (tertiary/aromatic N) is 1. The number of nitrogens with one attached hydrogen (secondary N) is 1. The van der Waals surface area contributed by atoms with Crippen LogP contribution in [0.3, 0.4) is 0 Å². The molecule has 0 bridgehead atoms. The first-order valence-electron chi connectivity index (χ1n) is 6.25. The van der Waals surface area contributed by atoms with Gasteiger partial charge in [0.05, 0.1) is 17.8 Å². The van der Waals surface area contributed by atoms with Gasteiger partial charge in [-0.15, -0.1) is 0 Å². The Kier molecular flexibility index (Phi) is 6.19. The fourth-order valence-electron chi connectivity index (χ4n) is 1.96. The molecule has 0 saturated carbocycles. The van der Waals surface area contributed by atoms with Gasteiger partial charge < -0.3 is 10.4 Å². The van der Waals surface area contributed by atoms with Crippen LogP contribution in [0.1, 0.15) is 19.4 Å². The zero-order valence-corrected chi connectivity index (χ0v) is 15.3. The summed E-state index contributed by atoms with van der Waals surface area (Å²) in [5.41, 5.74) is 0.998. The summed E-state index contributed by atoms with van der Waals surface area (Å²) in [6.07, 6.45) is 0. The zero-order valence-electron chi connectivity index (χ0n) is 12.1. The van der Waals surface area contributed by atoms with Crippen molar-refractivity contribution in [2.75, 3.05) is 25.5 Å². The lowest BCUT2D eigenvalue weighted by Gasteiger charge is -2.25. The van der Waals surface area contributed by atoms with Gasteiger partial charge >= 0.3 is 0 Å². The van der Waals surface area contributed by atoms with Crippen molar-refractivity contribution in [2.45, 2.75) is 26.4 Å². The van der Waals surface area contributed by atoms with E-state index in [2.05, 4.69) is 37.2 Å². The second-order valence-corrected chi connectivity index (χ2v) is 7.35. The van der Waals surface area contributed by atoms with Gasteiger partial charge in [0.2, 0.25) is 5.91 Å². The number of likely N-dealkylation sites (N-methyl/N-ethyl adjacent to an activating group) is 1. The lowest BCUT2D eigenvalue weighted by Crippen LogP contribution is -2.40. The van der Waals surface area contributed by atoms with Crippen LogP contribution in [0.25, 0.3) is 0 Å². The number of hydrogen-bond donors (Lipinski definition) is 2. The minimum Gasteiger partial charge on any atom is -0.389 e. The number of halogens is 2. The first-order chi connectivity index (χ1) is 9.08. The second-order valence-electron chi connectivity index (χ2n) is 5.64. The van der Waals surface area contributed by atoms with Crippen molar-refractivity contribution in [3.05, 3.63) is 26.6 Å². The van der Waals surface area contributed by atoms with Crippen LogP contribution in [0.2, 0.25) is 0 Å². The number of hydrogen-bond acceptors (Lipinski definition) is 3. The molecule has 0 heterocycles. The molecule has 20 heavy (non-hydrogen) atoms. The van der Waals surface area contributed by atoms with E-state index in [9.17, 15) is 9.90 Å². The largest absolute Gasteiger partial charge is 0.389 e. The molecular formula is C14H20Br2N2O2. The summed E-state index contributed by atoms with van der Waals surface area (Å²) in [4.78, 5) is 13.8. The van der Waals surface area contributed by atoms with Crippen LogP contribution >= 0.6 is 31.9 Å². The van der Waals surface area contributed by atoms with Crippen molar-refractivity contribution >= 4 is 43.5 Å². The van der Waals surface area contributed by atoms with Gasteiger partial charge in [0.1, 0.15) is 0 Å². The Morgan fingerprint density at radius 2 is 1.85 bits per heavy atom. The molecule has 0 aliphatic rings. The lowest BCUT2D eigenvalue weighted by atomic mass is 10.1. The molecule has 0 saturated heterocycles. The van der Waals surface area contributed by atoms with Crippen molar-refractivity contribution in [2.24, 2.45) is 0 Å². The molecule has 4 nitrogen and oxygen atoms in total. The van der Waals surface area contributed by atoms with Crippen LogP contribution in [0.15, 0.2) is 21.1 Å². The maximum absolute atomic E-state index is 12.0. The molecule has 0 aliphatic carbocycles. The first-order valence-corrected chi connectivity index (χ1v) is 7.83. The van der Waals surface area contributed by atoms with Crippen LogP contribution in [0.5, 0.6) is 0 Å². The van der Waals surface area contributed by atoms with Crippen molar-refractivity contribution in [1.82, 2.24) is 4.90 Å². The van der Waals surface area contributed by atoms with Crippen molar-refractivity contribution in [3.63, 3.8) is 0 Å². The molecule has 1 aromatic carbocycles. The van der Waals surface area contributed by atoms with Crippen LogP contribution in [-0.2, 0) is 4.79 Å². The summed E-state index contributed by atoms with van der Waals surface area (Å²) in [7, 11) is 1.80. The smallest absolute Gasteiger partial charge is 0.238 e. The first kappa shape index (κ1) is 17.6. The number of benzene rings is 1. The van der Waals surface area contributed by atoms with Crippen LogP contribution in [0, 0.1) is 6.92 Å². The van der Waals surface area contributed by atoms with Crippen LogP contribution in [0.4, 0.5) is 5.69 Å². The fourth-order valence-corrected chi connectivity index (χ4v) is 3.57. The average molecular weight is 408 g/mol. The summed E-state index contributed by atoms with van der Waals surface area (Å²) in [6.45, 7) is 6.06. The van der Waals surface area contributed by atoms with E-state index in [1.54, 1.807) is 25.8 Å². The second kappa shape index (κ2) is 7.02. The van der Waals surface area contributed by atoms with E-state index in [1.807, 2.05) is 19.1 Å². The fraction of sp³-hybridized carbons (Fsp3) is 0.500. The molecule has 0 aromatic heterocycles. The third kappa shape index (κ3) is 5.91. The number of amides is 1. The third-order valence-electron chi connectivity index (χ3n) is 2.52. The van der Waals surface area contributed by atoms with Gasteiger partial charge in [-0.05, 0) is 77.4 Å². The highest BCUT2D eigenvalue weighted by Crippen LogP contribution is 2.32. The van der Waals surface area contributed by atoms with E-state index in [0.29, 0.717) is 6.54 Å². The number of rotatable bonds is 5. The lowest BCUT2D eigenvalue weighted by molar-refractivity contribution is -0.117. The molecule has 1 amide bonds. The predicted molar refractivity (Wildman–Crippen MR) is 89.0 cm³/mol. The molecule has 6 heteroatoms. The van der Waals surface area contributed by atoms with E-state index in [4.69, 9.17) is 0 Å². The summed E-state index contributed by atoms with van der Waals surface area (Å²) in [5, 5.41) is 12.6. The number of anilines is 1. The number of aryl methyl sites for hydroxylation is 1. The van der Waals surface area contributed by atoms with Gasteiger partial charge in [0.15, 0.2) is 0 Å². The van der Waals surface area contributed by atoms with Gasteiger partial charge in [-0.25, -0.2) is 0 Å². The van der Waals surface area contributed by atoms with Gasteiger partial charge in [-0.3, -0.25) is 9.69 Å². The Labute approximate surface area is 136 Å². The summed E-state index contributed by atoms with van der Waals surface area (Å²) in [6, 6.07) is 3.89. The summed E-state index contributed by atoms with van der Waals surface area (Å²) in [5.74, 6) is -0.123. The Hall–Kier alpha value is -0.430. The highest BCUT2D eigenvalue weighted by Gasteiger charge is 2.18. The molecule has 0 fully saturated rings. The molecule has 1 rings (SSSR count). The minimum absolute atomic E-state index is 0.123.